The molecule has 0 amide bonds. The lowest BCUT2D eigenvalue weighted by molar-refractivity contribution is -0.0926. The molecule has 194 valence electrons. The summed E-state index contributed by atoms with van der Waals surface area (Å²) in [6.07, 6.45) is 0.286. The lowest BCUT2D eigenvalue weighted by atomic mass is 9.96. The SMILES string of the molecule is CC1(C)C[C@@H](c2cccc(F)c2F)O[P@@](=O)(OC[C@@H]2C[C@@](C)(O)[C@H](n3cnc4c(N)ncnc43)O2)O1. The first kappa shape index (κ1) is 25.1. The molecule has 0 bridgehead atoms. The monoisotopic (exact) mass is 525 g/mol. The number of nitrogens with zero attached hydrogens (tertiary/aromatic N) is 4. The van der Waals surface area contributed by atoms with Crippen molar-refractivity contribution < 1.29 is 36.8 Å². The Morgan fingerprint density at radius 1 is 1.25 bits per heavy atom. The predicted octanol–water partition coefficient (Wildman–Crippen LogP) is 3.81. The van der Waals surface area contributed by atoms with Crippen LogP contribution < -0.4 is 5.73 Å². The molecule has 2 aliphatic rings. The van der Waals surface area contributed by atoms with E-state index in [0.29, 0.717) is 11.2 Å². The number of aliphatic hydroxyl groups is 1. The molecule has 2 aromatic heterocycles. The molecule has 0 saturated carbocycles. The van der Waals surface area contributed by atoms with Gasteiger partial charge in [0.2, 0.25) is 0 Å². The van der Waals surface area contributed by atoms with Crippen LogP contribution in [-0.2, 0) is 22.9 Å². The largest absolute Gasteiger partial charge is 0.476 e. The van der Waals surface area contributed by atoms with Crippen LogP contribution in [-0.4, -0.2) is 48.5 Å². The second-order valence-corrected chi connectivity index (χ2v) is 11.3. The molecule has 0 radical (unpaired) electrons. The maximum atomic E-state index is 14.4. The molecule has 4 heterocycles. The van der Waals surface area contributed by atoms with Gasteiger partial charge in [-0.15, -0.1) is 0 Å². The van der Waals surface area contributed by atoms with Crippen LogP contribution in [0.15, 0.2) is 30.9 Å². The second-order valence-electron chi connectivity index (χ2n) is 9.79. The average molecular weight is 525 g/mol. The molecule has 2 saturated heterocycles. The molecule has 2 fully saturated rings. The zero-order valence-corrected chi connectivity index (χ0v) is 20.7. The van der Waals surface area contributed by atoms with Gasteiger partial charge in [-0.3, -0.25) is 18.1 Å². The van der Waals surface area contributed by atoms with E-state index >= 15 is 0 Å². The van der Waals surface area contributed by atoms with E-state index in [9.17, 15) is 18.5 Å². The molecule has 0 spiro atoms. The molecule has 14 heteroatoms. The van der Waals surface area contributed by atoms with E-state index < -0.39 is 49.1 Å². The van der Waals surface area contributed by atoms with Gasteiger partial charge in [0.15, 0.2) is 29.3 Å². The highest BCUT2D eigenvalue weighted by Gasteiger charge is 2.49. The molecule has 11 nitrogen and oxygen atoms in total. The maximum absolute atomic E-state index is 14.4. The lowest BCUT2D eigenvalue weighted by Gasteiger charge is -2.39. The van der Waals surface area contributed by atoms with Gasteiger partial charge in [-0.2, -0.15) is 0 Å². The highest BCUT2D eigenvalue weighted by molar-refractivity contribution is 7.48. The zero-order valence-electron chi connectivity index (χ0n) is 19.8. The quantitative estimate of drug-likeness (QED) is 0.472. The Morgan fingerprint density at radius 3 is 2.81 bits per heavy atom. The number of rotatable bonds is 5. The molecule has 3 N–H and O–H groups in total. The van der Waals surface area contributed by atoms with Crippen LogP contribution in [0, 0.1) is 11.6 Å². The van der Waals surface area contributed by atoms with Crippen molar-refractivity contribution in [3.8, 4) is 0 Å². The van der Waals surface area contributed by atoms with Crippen LogP contribution in [0.4, 0.5) is 14.6 Å². The number of benzene rings is 1. The number of phosphoric ester groups is 1. The first-order chi connectivity index (χ1) is 16.9. The third-order valence-corrected chi connectivity index (χ3v) is 7.87. The molecule has 0 aliphatic carbocycles. The van der Waals surface area contributed by atoms with Crippen molar-refractivity contribution in [2.75, 3.05) is 12.3 Å². The van der Waals surface area contributed by atoms with Gasteiger partial charge in [0, 0.05) is 18.4 Å². The van der Waals surface area contributed by atoms with E-state index in [1.807, 2.05) is 0 Å². The molecule has 3 aromatic rings. The van der Waals surface area contributed by atoms with E-state index in [-0.39, 0.29) is 30.8 Å². The Labute approximate surface area is 205 Å². The summed E-state index contributed by atoms with van der Waals surface area (Å²) in [5.74, 6) is -1.93. The first-order valence-electron chi connectivity index (χ1n) is 11.3. The molecule has 36 heavy (non-hydrogen) atoms. The predicted molar refractivity (Wildman–Crippen MR) is 122 cm³/mol. The third kappa shape index (κ3) is 4.62. The minimum Gasteiger partial charge on any atom is -0.385 e. The molecule has 2 aliphatic heterocycles. The van der Waals surface area contributed by atoms with E-state index in [4.69, 9.17) is 24.0 Å². The fourth-order valence-electron chi connectivity index (χ4n) is 4.61. The Bertz CT molecular complexity index is 1350. The van der Waals surface area contributed by atoms with Gasteiger partial charge in [-0.25, -0.2) is 28.3 Å². The molecular formula is C22H26F2N5O6P. The van der Waals surface area contributed by atoms with Gasteiger partial charge < -0.3 is 15.6 Å². The van der Waals surface area contributed by atoms with Crippen LogP contribution >= 0.6 is 7.82 Å². The van der Waals surface area contributed by atoms with Gasteiger partial charge in [-0.05, 0) is 26.8 Å². The van der Waals surface area contributed by atoms with E-state index in [0.717, 1.165) is 6.07 Å². The van der Waals surface area contributed by atoms with Gasteiger partial charge >= 0.3 is 7.82 Å². The van der Waals surface area contributed by atoms with Crippen molar-refractivity contribution >= 4 is 24.8 Å². The number of nitrogens with two attached hydrogens (primary N) is 1. The van der Waals surface area contributed by atoms with Crippen molar-refractivity contribution in [2.24, 2.45) is 0 Å². The number of hydrogen-bond acceptors (Lipinski definition) is 10. The van der Waals surface area contributed by atoms with Crippen molar-refractivity contribution in [1.29, 1.82) is 0 Å². The highest BCUT2D eigenvalue weighted by Crippen LogP contribution is 2.62. The summed E-state index contributed by atoms with van der Waals surface area (Å²) in [5.41, 5.74) is 4.13. The number of nitrogen functional groups attached to an aromatic ring is 1. The normalized spacial score (nSPS) is 32.2. The molecule has 5 atom stereocenters. The Balaban J connectivity index is 1.32. The van der Waals surface area contributed by atoms with Crippen LogP contribution in [0.25, 0.3) is 11.2 Å². The Morgan fingerprint density at radius 2 is 2.03 bits per heavy atom. The lowest BCUT2D eigenvalue weighted by Crippen LogP contribution is -2.33. The Kier molecular flexibility index (Phi) is 6.13. The zero-order chi connectivity index (χ0) is 25.9. The van der Waals surface area contributed by atoms with E-state index in [1.165, 1.54) is 29.4 Å². The second kappa shape index (κ2) is 8.79. The summed E-state index contributed by atoms with van der Waals surface area (Å²) in [7, 11) is -4.22. The summed E-state index contributed by atoms with van der Waals surface area (Å²) < 4.78 is 65.9. The molecule has 0 unspecified atom stereocenters. The number of aromatic nitrogens is 4. The number of fused-ring (bicyclic) bond motifs is 1. The van der Waals surface area contributed by atoms with Crippen LogP contribution in [0.5, 0.6) is 0 Å². The summed E-state index contributed by atoms with van der Waals surface area (Å²) in [6, 6.07) is 3.70. The fraction of sp³-hybridized carbons (Fsp3) is 0.500. The van der Waals surface area contributed by atoms with Crippen molar-refractivity contribution in [3.05, 3.63) is 48.1 Å². The number of imidazole rings is 1. The third-order valence-electron chi connectivity index (χ3n) is 6.17. The van der Waals surface area contributed by atoms with Crippen molar-refractivity contribution in [1.82, 2.24) is 19.5 Å². The molecule has 5 rings (SSSR count). The van der Waals surface area contributed by atoms with Gasteiger partial charge in [0.05, 0.1) is 24.6 Å². The van der Waals surface area contributed by atoms with Crippen molar-refractivity contribution in [3.63, 3.8) is 0 Å². The highest BCUT2D eigenvalue weighted by atomic mass is 31.2. The number of phosphoric acid groups is 1. The average Bonchev–Trinajstić information content (AvgIpc) is 3.33. The number of ether oxygens (including phenoxy) is 1. The van der Waals surface area contributed by atoms with E-state index in [2.05, 4.69) is 15.0 Å². The summed E-state index contributed by atoms with van der Waals surface area (Å²) in [6.45, 7) is 4.62. The minimum absolute atomic E-state index is 0.0800. The summed E-state index contributed by atoms with van der Waals surface area (Å²) >= 11 is 0. The standard InChI is InChI=1S/C22H26F2N5O6P/c1-21(2)8-15(13-5-4-6-14(23)16(13)24)34-36(31,35-21)32-9-12-7-22(3,30)20(33-12)29-11-28-17-18(25)26-10-27-19(17)29/h4-6,10-12,15,20,30H,7-9H2,1-3H3,(H2,25,26,27)/t12-,15-,20+,22+,36+/m0/s1. The topological polar surface area (TPSA) is 144 Å². The minimum atomic E-state index is -4.22. The van der Waals surface area contributed by atoms with Crippen LogP contribution in [0.1, 0.15) is 51.5 Å². The summed E-state index contributed by atoms with van der Waals surface area (Å²) in [4.78, 5) is 12.3. The first-order valence-corrected chi connectivity index (χ1v) is 12.7. The molecule has 1 aromatic carbocycles. The maximum Gasteiger partial charge on any atom is 0.476 e. The number of halogens is 2. The summed E-state index contributed by atoms with van der Waals surface area (Å²) in [5, 5.41) is 11.0. The van der Waals surface area contributed by atoms with Gasteiger partial charge in [-0.1, -0.05) is 12.1 Å². The van der Waals surface area contributed by atoms with E-state index in [1.54, 1.807) is 20.8 Å². The smallest absolute Gasteiger partial charge is 0.385 e. The number of hydrogen-bond donors (Lipinski definition) is 2. The molecular weight excluding hydrogens is 499 g/mol. The Hall–Kier alpha value is -2.54. The van der Waals surface area contributed by atoms with Crippen molar-refractivity contribution in [2.45, 2.75) is 63.3 Å². The van der Waals surface area contributed by atoms with Gasteiger partial charge in [0.1, 0.15) is 23.5 Å². The van der Waals surface area contributed by atoms with Crippen LogP contribution in [0.3, 0.4) is 0 Å². The number of anilines is 1. The van der Waals surface area contributed by atoms with Gasteiger partial charge in [0.25, 0.3) is 0 Å². The fourth-order valence-corrected chi connectivity index (χ4v) is 6.30. The van der Waals surface area contributed by atoms with Crippen LogP contribution in [0.2, 0.25) is 0 Å².